The molecule has 1 spiro atoms. The Kier molecular flexibility index (Phi) is 2.49. The Hall–Kier alpha value is -1.67. The SMILES string of the molecule is O=C1NC2(CC2)COc2ncc(NS(=O)[O-])cc21. The van der Waals surface area contributed by atoms with E-state index in [1.807, 2.05) is 0 Å². The second-order valence-corrected chi connectivity index (χ2v) is 5.11. The number of amides is 1. The molecule has 96 valence electrons. The van der Waals surface area contributed by atoms with Crippen molar-refractivity contribution in [3.8, 4) is 5.88 Å². The second-order valence-electron chi connectivity index (χ2n) is 4.44. The van der Waals surface area contributed by atoms with Crippen molar-refractivity contribution in [2.45, 2.75) is 18.4 Å². The van der Waals surface area contributed by atoms with Crippen LogP contribution in [0.25, 0.3) is 0 Å². The van der Waals surface area contributed by atoms with Gasteiger partial charge in [-0.2, -0.15) is 0 Å². The molecule has 0 radical (unpaired) electrons. The Morgan fingerprint density at radius 1 is 1.56 bits per heavy atom. The first-order valence-electron chi connectivity index (χ1n) is 5.39. The molecule has 1 amide bonds. The smallest absolute Gasteiger partial charge is 0.257 e. The van der Waals surface area contributed by atoms with Crippen molar-refractivity contribution in [2.75, 3.05) is 11.3 Å². The molecule has 1 atom stereocenters. The first-order chi connectivity index (χ1) is 8.58. The summed E-state index contributed by atoms with van der Waals surface area (Å²) in [5.41, 5.74) is 0.217. The normalized spacial score (nSPS) is 21.3. The van der Waals surface area contributed by atoms with Crippen molar-refractivity contribution in [1.82, 2.24) is 10.3 Å². The molecule has 1 aromatic heterocycles. The molecule has 2 heterocycles. The predicted molar refractivity (Wildman–Crippen MR) is 61.7 cm³/mol. The molecule has 18 heavy (non-hydrogen) atoms. The summed E-state index contributed by atoms with van der Waals surface area (Å²) in [5.74, 6) is -0.0497. The molecule has 1 aliphatic heterocycles. The first-order valence-corrected chi connectivity index (χ1v) is 6.47. The summed E-state index contributed by atoms with van der Waals surface area (Å²) in [6, 6.07) is 1.41. The summed E-state index contributed by atoms with van der Waals surface area (Å²) in [4.78, 5) is 15.9. The third kappa shape index (κ3) is 2.04. The summed E-state index contributed by atoms with van der Waals surface area (Å²) < 4.78 is 28.7. The van der Waals surface area contributed by atoms with Crippen LogP contribution in [0.5, 0.6) is 5.88 Å². The second kappa shape index (κ2) is 3.92. The Balaban J connectivity index is 1.93. The number of ether oxygens (including phenoxy) is 1. The van der Waals surface area contributed by atoms with Gasteiger partial charge in [-0.3, -0.25) is 9.00 Å². The van der Waals surface area contributed by atoms with Gasteiger partial charge in [0.1, 0.15) is 12.2 Å². The monoisotopic (exact) mass is 268 g/mol. The van der Waals surface area contributed by atoms with Gasteiger partial charge in [0.15, 0.2) is 0 Å². The van der Waals surface area contributed by atoms with E-state index < -0.39 is 11.3 Å². The highest BCUT2D eigenvalue weighted by atomic mass is 32.2. The van der Waals surface area contributed by atoms with E-state index in [9.17, 15) is 13.6 Å². The van der Waals surface area contributed by atoms with Crippen LogP contribution in [0.4, 0.5) is 5.69 Å². The van der Waals surface area contributed by atoms with Crippen LogP contribution >= 0.6 is 0 Å². The number of carbonyl (C=O) groups excluding carboxylic acids is 1. The number of aromatic nitrogens is 1. The molecule has 1 aromatic rings. The number of nitrogens with zero attached hydrogens (tertiary/aromatic N) is 1. The molecule has 1 unspecified atom stereocenters. The van der Waals surface area contributed by atoms with E-state index in [1.54, 1.807) is 0 Å². The standard InChI is InChI=1S/C10H11N3O4S/c14-8-7-3-6(13-18(15)16)4-11-9(7)17-5-10(12-8)1-2-10/h3-4,13H,1-2,5H2,(H,12,14)(H,15,16)/p-1. The van der Waals surface area contributed by atoms with E-state index in [2.05, 4.69) is 15.0 Å². The molecule has 3 rings (SSSR count). The lowest BCUT2D eigenvalue weighted by atomic mass is 10.2. The summed E-state index contributed by atoms with van der Waals surface area (Å²) >= 11 is -2.45. The average molecular weight is 268 g/mol. The van der Waals surface area contributed by atoms with Gasteiger partial charge in [0, 0.05) is 11.3 Å². The fraction of sp³-hybridized carbons (Fsp3) is 0.400. The third-order valence-electron chi connectivity index (χ3n) is 3.01. The van der Waals surface area contributed by atoms with Crippen molar-refractivity contribution >= 4 is 22.9 Å². The van der Waals surface area contributed by atoms with Gasteiger partial charge in [0.2, 0.25) is 5.88 Å². The summed E-state index contributed by atoms with van der Waals surface area (Å²) in [6.45, 7) is 0.402. The van der Waals surface area contributed by atoms with Gasteiger partial charge in [0.25, 0.3) is 5.91 Å². The number of anilines is 1. The number of carbonyl (C=O) groups is 1. The molecular weight excluding hydrogens is 258 g/mol. The van der Waals surface area contributed by atoms with E-state index in [4.69, 9.17) is 4.74 Å². The van der Waals surface area contributed by atoms with Crippen LogP contribution in [0.15, 0.2) is 12.3 Å². The van der Waals surface area contributed by atoms with Crippen LogP contribution in [0.2, 0.25) is 0 Å². The minimum Gasteiger partial charge on any atom is -0.755 e. The Morgan fingerprint density at radius 2 is 2.33 bits per heavy atom. The molecule has 0 bridgehead atoms. The quantitative estimate of drug-likeness (QED) is 0.731. The molecule has 2 N–H and O–H groups in total. The zero-order valence-corrected chi connectivity index (χ0v) is 10.1. The van der Waals surface area contributed by atoms with Gasteiger partial charge in [-0.1, -0.05) is 0 Å². The minimum absolute atomic E-state index is 0.229. The molecule has 1 fully saturated rings. The van der Waals surface area contributed by atoms with Crippen LogP contribution < -0.4 is 14.8 Å². The van der Waals surface area contributed by atoms with Crippen LogP contribution in [0, 0.1) is 0 Å². The Bertz CT molecular complexity index is 544. The molecule has 8 heteroatoms. The average Bonchev–Trinajstić information content (AvgIpc) is 3.08. The van der Waals surface area contributed by atoms with Gasteiger partial charge < -0.3 is 19.3 Å². The first kappa shape index (κ1) is 11.4. The molecule has 2 aliphatic rings. The maximum absolute atomic E-state index is 12.0. The number of fused-ring (bicyclic) bond motifs is 1. The van der Waals surface area contributed by atoms with Crippen molar-refractivity contribution < 1.29 is 18.3 Å². The molecule has 0 aromatic carbocycles. The molecule has 7 nitrogen and oxygen atoms in total. The van der Waals surface area contributed by atoms with Crippen LogP contribution in [-0.4, -0.2) is 31.8 Å². The largest absolute Gasteiger partial charge is 0.755 e. The summed E-state index contributed by atoms with van der Waals surface area (Å²) in [6.07, 6.45) is 3.09. The maximum atomic E-state index is 12.0. The van der Waals surface area contributed by atoms with Crippen LogP contribution in [0.3, 0.4) is 0 Å². The van der Waals surface area contributed by atoms with Crippen LogP contribution in [0.1, 0.15) is 23.2 Å². The molecule has 1 aliphatic carbocycles. The topological polar surface area (TPSA) is 103 Å². The van der Waals surface area contributed by atoms with Crippen molar-refractivity contribution in [3.05, 3.63) is 17.8 Å². The maximum Gasteiger partial charge on any atom is 0.257 e. The lowest BCUT2D eigenvalue weighted by molar-refractivity contribution is 0.0932. The Morgan fingerprint density at radius 3 is 3.00 bits per heavy atom. The highest BCUT2D eigenvalue weighted by molar-refractivity contribution is 7.80. The predicted octanol–water partition coefficient (Wildman–Crippen LogP) is -0.0576. The van der Waals surface area contributed by atoms with Gasteiger partial charge in [-0.25, -0.2) is 4.98 Å². The van der Waals surface area contributed by atoms with E-state index in [0.717, 1.165) is 12.8 Å². The van der Waals surface area contributed by atoms with Gasteiger partial charge in [-0.15, -0.1) is 0 Å². The molecular formula is C10H10N3O4S-. The van der Waals surface area contributed by atoms with Crippen molar-refractivity contribution in [1.29, 1.82) is 0 Å². The Labute approximate surface area is 105 Å². The van der Waals surface area contributed by atoms with Crippen molar-refractivity contribution in [2.24, 2.45) is 0 Å². The number of pyridine rings is 1. The van der Waals surface area contributed by atoms with Crippen molar-refractivity contribution in [3.63, 3.8) is 0 Å². The van der Waals surface area contributed by atoms with Gasteiger partial charge in [-0.05, 0) is 18.9 Å². The number of rotatable bonds is 2. The number of hydrogen-bond donors (Lipinski definition) is 2. The highest BCUT2D eigenvalue weighted by Crippen LogP contribution is 2.38. The number of hydrogen-bond acceptors (Lipinski definition) is 5. The lowest BCUT2D eigenvalue weighted by Gasteiger charge is -2.11. The zero-order chi connectivity index (χ0) is 12.8. The summed E-state index contributed by atoms with van der Waals surface area (Å²) in [5, 5.41) is 2.88. The minimum atomic E-state index is -2.45. The number of nitrogens with one attached hydrogen (secondary N) is 2. The van der Waals surface area contributed by atoms with Crippen LogP contribution in [-0.2, 0) is 11.3 Å². The van der Waals surface area contributed by atoms with E-state index in [0.29, 0.717) is 6.61 Å². The van der Waals surface area contributed by atoms with E-state index in [-0.39, 0.29) is 28.6 Å². The van der Waals surface area contributed by atoms with Gasteiger partial charge >= 0.3 is 0 Å². The fourth-order valence-corrected chi connectivity index (χ4v) is 2.16. The highest BCUT2D eigenvalue weighted by Gasteiger charge is 2.47. The van der Waals surface area contributed by atoms with E-state index >= 15 is 0 Å². The van der Waals surface area contributed by atoms with Gasteiger partial charge in [0.05, 0.1) is 17.4 Å². The molecule has 0 saturated heterocycles. The third-order valence-corrected chi connectivity index (χ3v) is 3.42. The summed E-state index contributed by atoms with van der Waals surface area (Å²) in [7, 11) is 0. The van der Waals surface area contributed by atoms with E-state index in [1.165, 1.54) is 12.3 Å². The lowest BCUT2D eigenvalue weighted by Crippen LogP contribution is -2.38. The molecule has 1 saturated carbocycles. The fourth-order valence-electron chi connectivity index (χ4n) is 1.85. The zero-order valence-electron chi connectivity index (χ0n) is 9.26.